The minimum atomic E-state index is -0.124. The number of aromatic nitrogens is 4. The topological polar surface area (TPSA) is 109 Å². The molecule has 2 aromatic carbocycles. The Kier molecular flexibility index (Phi) is 4.87. The summed E-state index contributed by atoms with van der Waals surface area (Å²) >= 11 is 1.27. The number of carbonyl (C=O) groups excluding carboxylic acids is 1. The number of hydrogen-bond acceptors (Lipinski definition) is 9. The van der Waals surface area contributed by atoms with Gasteiger partial charge in [0.25, 0.3) is 0 Å². The average Bonchev–Trinajstić information content (AvgIpc) is 3.59. The van der Waals surface area contributed by atoms with E-state index in [0.29, 0.717) is 40.3 Å². The first-order valence-corrected chi connectivity index (χ1v) is 11.1. The summed E-state index contributed by atoms with van der Waals surface area (Å²) in [6.45, 7) is 0.829. The largest absolute Gasteiger partial charge is 0.454 e. The third kappa shape index (κ3) is 3.87. The monoisotopic (exact) mass is 463 g/mol. The van der Waals surface area contributed by atoms with Gasteiger partial charge >= 0.3 is 0 Å². The van der Waals surface area contributed by atoms with Crippen LogP contribution in [0.1, 0.15) is 5.56 Å². The van der Waals surface area contributed by atoms with Gasteiger partial charge in [0.15, 0.2) is 28.6 Å². The smallest absolute Gasteiger partial charge is 0.231 e. The van der Waals surface area contributed by atoms with Gasteiger partial charge in [-0.2, -0.15) is 9.61 Å². The molecule has 10 nitrogen and oxygen atoms in total. The Bertz CT molecular complexity index is 1370. The molecule has 0 unspecified atom stereocenters. The highest BCUT2D eigenvalue weighted by atomic mass is 32.2. The quantitative estimate of drug-likeness (QED) is 0.432. The van der Waals surface area contributed by atoms with Gasteiger partial charge < -0.3 is 24.3 Å². The molecule has 0 saturated heterocycles. The van der Waals surface area contributed by atoms with Gasteiger partial charge in [-0.15, -0.1) is 10.2 Å². The number of nitrogens with one attached hydrogen (secondary N) is 1. The highest BCUT2D eigenvalue weighted by Crippen LogP contribution is 2.35. The SMILES string of the molecule is O=C(CSc1nnc2ccc(-c3ccc4c(c3)OCO4)nn12)NCc1ccc2c(c1)OCO2. The second kappa shape index (κ2) is 8.17. The summed E-state index contributed by atoms with van der Waals surface area (Å²) in [7, 11) is 0. The van der Waals surface area contributed by atoms with Crippen LogP contribution in [0.4, 0.5) is 0 Å². The van der Waals surface area contributed by atoms with Gasteiger partial charge in [0.1, 0.15) is 0 Å². The van der Waals surface area contributed by atoms with E-state index in [0.717, 1.165) is 16.8 Å². The molecular weight excluding hydrogens is 446 g/mol. The second-order valence-corrected chi connectivity index (χ2v) is 8.23. The lowest BCUT2D eigenvalue weighted by Gasteiger charge is -2.06. The van der Waals surface area contributed by atoms with Crippen molar-refractivity contribution in [2.24, 2.45) is 0 Å². The van der Waals surface area contributed by atoms with E-state index in [1.165, 1.54) is 11.8 Å². The molecule has 0 saturated carbocycles. The number of nitrogens with zero attached hydrogens (tertiary/aromatic N) is 4. The van der Waals surface area contributed by atoms with E-state index in [-0.39, 0.29) is 25.2 Å². The standard InChI is InChI=1S/C22H17N5O5S/c28-21(23-9-13-1-4-16-18(7-13)31-11-29-16)10-33-22-25-24-20-6-3-15(26-27(20)22)14-2-5-17-19(8-14)32-12-30-17/h1-8H,9-12H2,(H,23,28). The van der Waals surface area contributed by atoms with Crippen LogP contribution in [-0.4, -0.2) is 45.1 Å². The Morgan fingerprint density at radius 3 is 2.52 bits per heavy atom. The minimum Gasteiger partial charge on any atom is -0.454 e. The molecule has 2 aliphatic heterocycles. The fourth-order valence-corrected chi connectivity index (χ4v) is 4.22. The third-order valence-electron chi connectivity index (χ3n) is 5.16. The van der Waals surface area contributed by atoms with Crippen LogP contribution in [0.15, 0.2) is 53.7 Å². The fourth-order valence-electron chi connectivity index (χ4n) is 3.50. The van der Waals surface area contributed by atoms with E-state index in [4.69, 9.17) is 18.9 Å². The molecule has 33 heavy (non-hydrogen) atoms. The van der Waals surface area contributed by atoms with Crippen molar-refractivity contribution in [3.63, 3.8) is 0 Å². The number of thioether (sulfide) groups is 1. The molecule has 0 aliphatic carbocycles. The number of amides is 1. The summed E-state index contributed by atoms with van der Waals surface area (Å²) in [5.41, 5.74) is 3.14. The lowest BCUT2D eigenvalue weighted by Crippen LogP contribution is -2.24. The molecule has 4 heterocycles. The summed E-state index contributed by atoms with van der Waals surface area (Å²) < 4.78 is 23.1. The Morgan fingerprint density at radius 2 is 1.67 bits per heavy atom. The lowest BCUT2D eigenvalue weighted by molar-refractivity contribution is -0.118. The number of hydrogen-bond donors (Lipinski definition) is 1. The van der Waals surface area contributed by atoms with E-state index >= 15 is 0 Å². The Hall–Kier alpha value is -3.99. The van der Waals surface area contributed by atoms with E-state index < -0.39 is 0 Å². The van der Waals surface area contributed by atoms with Gasteiger partial charge in [0.05, 0.1) is 11.4 Å². The molecule has 1 N–H and O–H groups in total. The van der Waals surface area contributed by atoms with Gasteiger partial charge in [-0.1, -0.05) is 17.8 Å². The molecule has 0 atom stereocenters. The molecule has 0 fully saturated rings. The molecule has 0 radical (unpaired) electrons. The van der Waals surface area contributed by atoms with Gasteiger partial charge in [-0.3, -0.25) is 4.79 Å². The molecule has 6 rings (SSSR count). The van der Waals surface area contributed by atoms with Gasteiger partial charge in [0.2, 0.25) is 24.6 Å². The summed E-state index contributed by atoms with van der Waals surface area (Å²) in [4.78, 5) is 12.4. The first kappa shape index (κ1) is 19.7. The third-order valence-corrected chi connectivity index (χ3v) is 6.08. The number of rotatable bonds is 6. The first-order chi connectivity index (χ1) is 16.2. The maximum Gasteiger partial charge on any atom is 0.231 e. The van der Waals surface area contributed by atoms with Crippen molar-refractivity contribution in [3.05, 3.63) is 54.1 Å². The van der Waals surface area contributed by atoms with Crippen LogP contribution in [0.2, 0.25) is 0 Å². The Balaban J connectivity index is 1.12. The van der Waals surface area contributed by atoms with Gasteiger partial charge in [-0.05, 0) is 48.0 Å². The lowest BCUT2D eigenvalue weighted by atomic mass is 10.1. The molecule has 4 aromatic rings. The second-order valence-electron chi connectivity index (χ2n) is 7.29. The predicted octanol–water partition coefficient (Wildman–Crippen LogP) is 2.66. The van der Waals surface area contributed by atoms with E-state index in [1.54, 1.807) is 4.52 Å². The van der Waals surface area contributed by atoms with Gasteiger partial charge in [-0.25, -0.2) is 0 Å². The normalized spacial score (nSPS) is 13.5. The van der Waals surface area contributed by atoms with Crippen molar-refractivity contribution in [3.8, 4) is 34.3 Å². The number of ether oxygens (including phenoxy) is 4. The fraction of sp³-hybridized carbons (Fsp3) is 0.182. The Labute approximate surface area is 191 Å². The molecule has 0 spiro atoms. The molecule has 0 bridgehead atoms. The number of fused-ring (bicyclic) bond motifs is 3. The van der Waals surface area contributed by atoms with Gasteiger partial charge in [0, 0.05) is 12.1 Å². The zero-order chi connectivity index (χ0) is 22.2. The summed E-state index contributed by atoms with van der Waals surface area (Å²) in [5.74, 6) is 2.86. The molecule has 1 amide bonds. The van der Waals surface area contributed by atoms with Crippen molar-refractivity contribution < 1.29 is 23.7 Å². The van der Waals surface area contributed by atoms with E-state index in [1.807, 2.05) is 48.5 Å². The van der Waals surface area contributed by atoms with Crippen molar-refractivity contribution in [1.82, 2.24) is 25.1 Å². The summed E-state index contributed by atoms with van der Waals surface area (Å²) in [5, 5.41) is 16.4. The molecular formula is C22H17N5O5S. The summed E-state index contributed by atoms with van der Waals surface area (Å²) in [6, 6.07) is 15.0. The van der Waals surface area contributed by atoms with Crippen LogP contribution in [0.25, 0.3) is 16.9 Å². The highest BCUT2D eigenvalue weighted by Gasteiger charge is 2.17. The van der Waals surface area contributed by atoms with E-state index in [2.05, 4.69) is 20.6 Å². The van der Waals surface area contributed by atoms with Crippen molar-refractivity contribution >= 4 is 23.3 Å². The molecule has 2 aromatic heterocycles. The van der Waals surface area contributed by atoms with Crippen LogP contribution in [-0.2, 0) is 11.3 Å². The maximum atomic E-state index is 12.4. The Morgan fingerprint density at radius 1 is 0.909 bits per heavy atom. The zero-order valence-electron chi connectivity index (χ0n) is 17.2. The van der Waals surface area contributed by atoms with Crippen LogP contribution in [0, 0.1) is 0 Å². The average molecular weight is 463 g/mol. The van der Waals surface area contributed by atoms with E-state index in [9.17, 15) is 4.79 Å². The van der Waals surface area contributed by atoms with Crippen molar-refractivity contribution in [2.75, 3.05) is 19.3 Å². The molecule has 2 aliphatic rings. The predicted molar refractivity (Wildman–Crippen MR) is 117 cm³/mol. The molecule has 11 heteroatoms. The van der Waals surface area contributed by atoms with Crippen molar-refractivity contribution in [2.45, 2.75) is 11.7 Å². The highest BCUT2D eigenvalue weighted by molar-refractivity contribution is 7.99. The van der Waals surface area contributed by atoms with Crippen LogP contribution < -0.4 is 24.3 Å². The van der Waals surface area contributed by atoms with Crippen LogP contribution in [0.3, 0.4) is 0 Å². The first-order valence-electron chi connectivity index (χ1n) is 10.1. The number of carbonyl (C=O) groups is 1. The van der Waals surface area contributed by atoms with Crippen molar-refractivity contribution in [1.29, 1.82) is 0 Å². The molecule has 166 valence electrons. The minimum absolute atomic E-state index is 0.124. The zero-order valence-corrected chi connectivity index (χ0v) is 18.0. The maximum absolute atomic E-state index is 12.4. The van der Waals surface area contributed by atoms with Crippen LogP contribution >= 0.6 is 11.8 Å². The number of benzene rings is 2. The summed E-state index contributed by atoms with van der Waals surface area (Å²) in [6.07, 6.45) is 0. The van der Waals surface area contributed by atoms with Crippen LogP contribution in [0.5, 0.6) is 23.0 Å².